The number of amides is 1. The number of allylic oxidation sites excluding steroid dienone is 1. The molecular weight excluding hydrogens is 422 g/mol. The number of hydrogen-bond donors (Lipinski definition) is 2. The maximum absolute atomic E-state index is 13.5. The zero-order valence-corrected chi connectivity index (χ0v) is 19.3. The lowest BCUT2D eigenvalue weighted by Gasteiger charge is -2.29. The van der Waals surface area contributed by atoms with Gasteiger partial charge in [-0.15, -0.1) is 0 Å². The molecule has 1 aliphatic heterocycles. The van der Waals surface area contributed by atoms with Crippen LogP contribution in [0.1, 0.15) is 49.3 Å². The molecule has 2 unspecified atom stereocenters. The van der Waals surface area contributed by atoms with Crippen LogP contribution in [0.15, 0.2) is 47.0 Å². The lowest BCUT2D eigenvalue weighted by molar-refractivity contribution is -0.146. The number of carbonyl (C=O) groups is 1. The predicted molar refractivity (Wildman–Crippen MR) is 124 cm³/mol. The SMILES string of the molecule is Cc1c(C2C=C(C(=O)NCC3CC3)OC(OCCCCO)C2)c(=O)n(-c2ccccc2)n1C. The highest BCUT2D eigenvalue weighted by molar-refractivity contribution is 5.91. The lowest BCUT2D eigenvalue weighted by atomic mass is 9.93. The number of aromatic nitrogens is 2. The molecule has 8 heteroatoms. The van der Waals surface area contributed by atoms with Gasteiger partial charge in [-0.3, -0.25) is 14.3 Å². The van der Waals surface area contributed by atoms with Gasteiger partial charge in [0.25, 0.3) is 11.5 Å². The van der Waals surface area contributed by atoms with Crippen molar-refractivity contribution in [3.63, 3.8) is 0 Å². The van der Waals surface area contributed by atoms with Gasteiger partial charge < -0.3 is 19.9 Å². The third-order valence-electron chi connectivity index (χ3n) is 6.36. The van der Waals surface area contributed by atoms with Gasteiger partial charge in [0.2, 0.25) is 6.29 Å². The first-order valence-corrected chi connectivity index (χ1v) is 11.7. The van der Waals surface area contributed by atoms with Crippen LogP contribution in [0.2, 0.25) is 0 Å². The number of hydrogen-bond acceptors (Lipinski definition) is 5. The van der Waals surface area contributed by atoms with Crippen molar-refractivity contribution in [2.24, 2.45) is 13.0 Å². The molecule has 1 saturated carbocycles. The number of para-hydroxylation sites is 1. The van der Waals surface area contributed by atoms with E-state index in [9.17, 15) is 9.59 Å². The van der Waals surface area contributed by atoms with E-state index < -0.39 is 6.29 Å². The van der Waals surface area contributed by atoms with Gasteiger partial charge >= 0.3 is 0 Å². The van der Waals surface area contributed by atoms with Crippen LogP contribution in [0.25, 0.3) is 5.69 Å². The zero-order valence-electron chi connectivity index (χ0n) is 19.3. The minimum absolute atomic E-state index is 0.106. The van der Waals surface area contributed by atoms with Crippen LogP contribution >= 0.6 is 0 Å². The fraction of sp³-hybridized carbons (Fsp3) is 0.520. The zero-order chi connectivity index (χ0) is 23.4. The fourth-order valence-corrected chi connectivity index (χ4v) is 4.21. The van der Waals surface area contributed by atoms with Gasteiger partial charge in [0.15, 0.2) is 5.76 Å². The molecule has 2 N–H and O–H groups in total. The van der Waals surface area contributed by atoms with Crippen molar-refractivity contribution in [1.82, 2.24) is 14.7 Å². The Morgan fingerprint density at radius 2 is 2.00 bits per heavy atom. The van der Waals surface area contributed by atoms with Gasteiger partial charge in [-0.2, -0.15) is 0 Å². The Hall–Kier alpha value is -2.84. The average molecular weight is 456 g/mol. The summed E-state index contributed by atoms with van der Waals surface area (Å²) in [6.07, 6.45) is 5.18. The van der Waals surface area contributed by atoms with E-state index in [4.69, 9.17) is 14.6 Å². The largest absolute Gasteiger partial charge is 0.459 e. The molecule has 1 aliphatic carbocycles. The molecule has 2 heterocycles. The Labute approximate surface area is 193 Å². The molecule has 0 saturated heterocycles. The Morgan fingerprint density at radius 3 is 2.70 bits per heavy atom. The van der Waals surface area contributed by atoms with Crippen LogP contribution in [0.4, 0.5) is 0 Å². The summed E-state index contributed by atoms with van der Waals surface area (Å²) in [5.74, 6) is 0.168. The normalized spacial score (nSPS) is 20.3. The minimum atomic E-state index is -0.635. The third-order valence-corrected chi connectivity index (χ3v) is 6.36. The van der Waals surface area contributed by atoms with Crippen LogP contribution in [-0.2, 0) is 21.3 Å². The number of aliphatic hydroxyl groups excluding tert-OH is 1. The summed E-state index contributed by atoms with van der Waals surface area (Å²) in [6, 6.07) is 9.51. The molecule has 2 atom stereocenters. The van der Waals surface area contributed by atoms with Crippen molar-refractivity contribution < 1.29 is 19.4 Å². The number of nitrogens with one attached hydrogen (secondary N) is 1. The molecule has 2 aromatic rings. The van der Waals surface area contributed by atoms with Crippen molar-refractivity contribution in [2.75, 3.05) is 19.8 Å². The number of nitrogens with zero attached hydrogens (tertiary/aromatic N) is 2. The van der Waals surface area contributed by atoms with E-state index in [-0.39, 0.29) is 29.8 Å². The van der Waals surface area contributed by atoms with E-state index in [0.29, 0.717) is 43.9 Å². The minimum Gasteiger partial charge on any atom is -0.459 e. The summed E-state index contributed by atoms with van der Waals surface area (Å²) in [5, 5.41) is 12.0. The molecule has 8 nitrogen and oxygen atoms in total. The van der Waals surface area contributed by atoms with E-state index in [1.165, 1.54) is 0 Å². The summed E-state index contributed by atoms with van der Waals surface area (Å²) in [7, 11) is 1.86. The monoisotopic (exact) mass is 455 g/mol. The van der Waals surface area contributed by atoms with Gasteiger partial charge in [-0.25, -0.2) is 4.68 Å². The van der Waals surface area contributed by atoms with Crippen LogP contribution in [0.3, 0.4) is 0 Å². The summed E-state index contributed by atoms with van der Waals surface area (Å²) < 4.78 is 15.3. The van der Waals surface area contributed by atoms with Crippen molar-refractivity contribution in [3.8, 4) is 5.69 Å². The van der Waals surface area contributed by atoms with Crippen LogP contribution in [0, 0.1) is 12.8 Å². The number of carbonyl (C=O) groups excluding carboxylic acids is 1. The Morgan fingerprint density at radius 1 is 1.24 bits per heavy atom. The van der Waals surface area contributed by atoms with Crippen molar-refractivity contribution in [1.29, 1.82) is 0 Å². The molecule has 1 amide bonds. The van der Waals surface area contributed by atoms with E-state index in [1.54, 1.807) is 10.8 Å². The molecule has 178 valence electrons. The second-order valence-corrected chi connectivity index (χ2v) is 8.85. The molecule has 0 bridgehead atoms. The summed E-state index contributed by atoms with van der Waals surface area (Å²) >= 11 is 0. The van der Waals surface area contributed by atoms with Crippen molar-refractivity contribution in [3.05, 3.63) is 63.8 Å². The van der Waals surface area contributed by atoms with E-state index >= 15 is 0 Å². The summed E-state index contributed by atoms with van der Waals surface area (Å²) in [4.78, 5) is 26.3. The molecular formula is C25H33N3O5. The molecule has 1 fully saturated rings. The molecule has 2 aliphatic rings. The first-order chi connectivity index (χ1) is 16.0. The number of ether oxygens (including phenoxy) is 2. The number of aliphatic hydroxyl groups is 1. The highest BCUT2D eigenvalue weighted by Crippen LogP contribution is 2.33. The molecule has 0 spiro atoms. The highest BCUT2D eigenvalue weighted by Gasteiger charge is 2.33. The van der Waals surface area contributed by atoms with Gasteiger partial charge in [0, 0.05) is 43.8 Å². The number of unbranched alkanes of at least 4 members (excludes halogenated alkanes) is 1. The molecule has 33 heavy (non-hydrogen) atoms. The second kappa shape index (κ2) is 10.4. The van der Waals surface area contributed by atoms with Gasteiger partial charge in [0.05, 0.1) is 12.3 Å². The Kier molecular flexibility index (Phi) is 7.35. The standard InChI is InChI=1S/C25H33N3O5/c1-17-23(25(31)28(27(17)2)20-8-4-3-5-9-20)19-14-21(24(30)26-16-18-10-11-18)33-22(15-19)32-13-7-6-12-29/h3-5,8-9,14,18-19,22,29H,6-7,10-13,15-16H2,1-2H3,(H,26,30). The van der Waals surface area contributed by atoms with Crippen LogP contribution in [0.5, 0.6) is 0 Å². The molecule has 1 aromatic carbocycles. The maximum Gasteiger partial charge on any atom is 0.286 e. The van der Waals surface area contributed by atoms with Crippen LogP contribution in [-0.4, -0.2) is 46.4 Å². The topological polar surface area (TPSA) is 94.7 Å². The molecule has 0 radical (unpaired) electrons. The highest BCUT2D eigenvalue weighted by atomic mass is 16.7. The first kappa shape index (κ1) is 23.3. The molecule has 1 aromatic heterocycles. The van der Waals surface area contributed by atoms with Gasteiger partial charge in [-0.1, -0.05) is 18.2 Å². The summed E-state index contributed by atoms with van der Waals surface area (Å²) in [6.45, 7) is 3.08. The predicted octanol–water partition coefficient (Wildman–Crippen LogP) is 2.51. The third kappa shape index (κ3) is 5.39. The average Bonchev–Trinajstić information content (AvgIpc) is 3.62. The maximum atomic E-state index is 13.5. The Balaban J connectivity index is 1.62. The van der Waals surface area contributed by atoms with Crippen LogP contribution < -0.4 is 10.9 Å². The first-order valence-electron chi connectivity index (χ1n) is 11.7. The quantitative estimate of drug-likeness (QED) is 0.537. The van der Waals surface area contributed by atoms with E-state index in [2.05, 4.69) is 5.32 Å². The fourth-order valence-electron chi connectivity index (χ4n) is 4.21. The van der Waals surface area contributed by atoms with Gasteiger partial charge in [-0.05, 0) is 56.7 Å². The number of benzene rings is 1. The molecule has 4 rings (SSSR count). The summed E-state index contributed by atoms with van der Waals surface area (Å²) in [5.41, 5.74) is 2.15. The lowest BCUT2D eigenvalue weighted by Crippen LogP contribution is -2.34. The van der Waals surface area contributed by atoms with Gasteiger partial charge in [0.1, 0.15) is 0 Å². The van der Waals surface area contributed by atoms with E-state index in [1.807, 2.05) is 49.0 Å². The smallest absolute Gasteiger partial charge is 0.286 e. The number of rotatable bonds is 10. The Bertz CT molecular complexity index is 1050. The second-order valence-electron chi connectivity index (χ2n) is 8.85. The van der Waals surface area contributed by atoms with E-state index in [0.717, 1.165) is 24.2 Å². The van der Waals surface area contributed by atoms with Crippen molar-refractivity contribution in [2.45, 2.75) is 51.2 Å². The van der Waals surface area contributed by atoms with Crippen molar-refractivity contribution >= 4 is 5.91 Å².